The van der Waals surface area contributed by atoms with Crippen molar-refractivity contribution in [2.75, 3.05) is 11.4 Å². The number of rotatable bonds is 4. The van der Waals surface area contributed by atoms with Crippen molar-refractivity contribution >= 4 is 11.5 Å². The molecule has 0 aliphatic rings. The number of benzene rings is 1. The number of aromatic nitrogens is 1. The molecule has 2 aromatic rings. The van der Waals surface area contributed by atoms with Gasteiger partial charge in [0.2, 0.25) is 0 Å². The molecular formula is C16H21N3. The topological polar surface area (TPSA) is 42.2 Å². The van der Waals surface area contributed by atoms with Gasteiger partial charge in [0.15, 0.2) is 0 Å². The van der Waals surface area contributed by atoms with Crippen LogP contribution in [0.4, 0.5) is 11.5 Å². The van der Waals surface area contributed by atoms with E-state index in [2.05, 4.69) is 61.0 Å². The first kappa shape index (κ1) is 13.6. The third-order valence-electron chi connectivity index (χ3n) is 3.32. The number of nitrogens with zero attached hydrogens (tertiary/aromatic N) is 2. The standard InChI is InChI=1S/C16H21N3/c1-4-19(15-8-6-5-7-12(15)2)16-13(3)9-14(10-17)11-18-16/h5-9,11H,4,10,17H2,1-3H3. The van der Waals surface area contributed by atoms with E-state index in [1.807, 2.05) is 6.20 Å². The number of anilines is 2. The summed E-state index contributed by atoms with van der Waals surface area (Å²) in [5.41, 5.74) is 10.4. The number of nitrogens with two attached hydrogens (primary N) is 1. The van der Waals surface area contributed by atoms with Gasteiger partial charge < -0.3 is 10.6 Å². The Balaban J connectivity index is 2.46. The highest BCUT2D eigenvalue weighted by Crippen LogP contribution is 2.28. The van der Waals surface area contributed by atoms with Crippen LogP contribution in [0.5, 0.6) is 0 Å². The summed E-state index contributed by atoms with van der Waals surface area (Å²) in [5, 5.41) is 0. The van der Waals surface area contributed by atoms with E-state index in [0.717, 1.165) is 23.5 Å². The van der Waals surface area contributed by atoms with Crippen LogP contribution in [0.25, 0.3) is 0 Å². The molecule has 2 N–H and O–H groups in total. The fourth-order valence-corrected chi connectivity index (χ4v) is 2.32. The maximum atomic E-state index is 5.66. The molecule has 0 saturated carbocycles. The minimum atomic E-state index is 0.532. The number of hydrogen-bond donors (Lipinski definition) is 1. The molecule has 3 heteroatoms. The van der Waals surface area contributed by atoms with E-state index in [1.165, 1.54) is 11.3 Å². The summed E-state index contributed by atoms with van der Waals surface area (Å²) in [6.45, 7) is 7.78. The van der Waals surface area contributed by atoms with Crippen LogP contribution in [-0.2, 0) is 6.54 Å². The molecule has 2 rings (SSSR count). The smallest absolute Gasteiger partial charge is 0.135 e. The Morgan fingerprint density at radius 3 is 2.47 bits per heavy atom. The maximum absolute atomic E-state index is 5.66. The van der Waals surface area contributed by atoms with Crippen molar-refractivity contribution in [2.45, 2.75) is 27.3 Å². The van der Waals surface area contributed by atoms with Gasteiger partial charge in [0.25, 0.3) is 0 Å². The Hall–Kier alpha value is -1.87. The van der Waals surface area contributed by atoms with Gasteiger partial charge in [0, 0.05) is 25.0 Å². The van der Waals surface area contributed by atoms with Gasteiger partial charge in [-0.25, -0.2) is 4.98 Å². The van der Waals surface area contributed by atoms with E-state index in [0.29, 0.717) is 6.54 Å². The molecule has 1 aromatic carbocycles. The highest BCUT2D eigenvalue weighted by molar-refractivity contribution is 5.65. The Morgan fingerprint density at radius 1 is 1.16 bits per heavy atom. The van der Waals surface area contributed by atoms with E-state index in [1.54, 1.807) is 0 Å². The van der Waals surface area contributed by atoms with Gasteiger partial charge in [-0.15, -0.1) is 0 Å². The Kier molecular flexibility index (Phi) is 4.17. The van der Waals surface area contributed by atoms with Crippen molar-refractivity contribution in [3.05, 3.63) is 53.2 Å². The lowest BCUT2D eigenvalue weighted by atomic mass is 10.1. The quantitative estimate of drug-likeness (QED) is 0.911. The van der Waals surface area contributed by atoms with Crippen molar-refractivity contribution in [3.63, 3.8) is 0 Å². The second kappa shape index (κ2) is 5.85. The molecule has 0 atom stereocenters. The summed E-state index contributed by atoms with van der Waals surface area (Å²) < 4.78 is 0. The zero-order valence-electron chi connectivity index (χ0n) is 11.9. The molecule has 0 saturated heterocycles. The summed E-state index contributed by atoms with van der Waals surface area (Å²) in [6, 6.07) is 10.5. The van der Waals surface area contributed by atoms with Crippen LogP contribution < -0.4 is 10.6 Å². The molecular weight excluding hydrogens is 234 g/mol. The first-order valence-corrected chi connectivity index (χ1v) is 6.66. The normalized spacial score (nSPS) is 10.5. The highest BCUT2D eigenvalue weighted by atomic mass is 15.2. The van der Waals surface area contributed by atoms with E-state index in [9.17, 15) is 0 Å². The minimum Gasteiger partial charge on any atom is -0.326 e. The van der Waals surface area contributed by atoms with Crippen molar-refractivity contribution in [1.29, 1.82) is 0 Å². The highest BCUT2D eigenvalue weighted by Gasteiger charge is 2.13. The molecule has 0 unspecified atom stereocenters. The molecule has 19 heavy (non-hydrogen) atoms. The van der Waals surface area contributed by atoms with Crippen LogP contribution in [0.15, 0.2) is 36.5 Å². The summed E-state index contributed by atoms with van der Waals surface area (Å²) in [7, 11) is 0. The second-order valence-corrected chi connectivity index (χ2v) is 4.72. The minimum absolute atomic E-state index is 0.532. The molecule has 0 fully saturated rings. The number of pyridine rings is 1. The number of hydrogen-bond acceptors (Lipinski definition) is 3. The van der Waals surface area contributed by atoms with Crippen LogP contribution in [0, 0.1) is 13.8 Å². The zero-order valence-corrected chi connectivity index (χ0v) is 11.9. The van der Waals surface area contributed by atoms with Gasteiger partial charge in [0.05, 0.1) is 0 Å². The molecule has 0 bridgehead atoms. The third-order valence-corrected chi connectivity index (χ3v) is 3.32. The van der Waals surface area contributed by atoms with Crippen molar-refractivity contribution in [1.82, 2.24) is 4.98 Å². The fraction of sp³-hybridized carbons (Fsp3) is 0.312. The van der Waals surface area contributed by atoms with Gasteiger partial charge in [-0.3, -0.25) is 0 Å². The second-order valence-electron chi connectivity index (χ2n) is 4.72. The van der Waals surface area contributed by atoms with Crippen LogP contribution in [-0.4, -0.2) is 11.5 Å². The summed E-state index contributed by atoms with van der Waals surface area (Å²) in [4.78, 5) is 6.82. The molecule has 0 aliphatic heterocycles. The van der Waals surface area contributed by atoms with E-state index < -0.39 is 0 Å². The zero-order chi connectivity index (χ0) is 13.8. The summed E-state index contributed by atoms with van der Waals surface area (Å²) >= 11 is 0. The SMILES string of the molecule is CCN(c1ccccc1C)c1ncc(CN)cc1C. The molecule has 0 amide bonds. The number of aryl methyl sites for hydroxylation is 2. The average molecular weight is 255 g/mol. The first-order valence-electron chi connectivity index (χ1n) is 6.66. The average Bonchev–Trinajstić information content (AvgIpc) is 2.43. The van der Waals surface area contributed by atoms with E-state index in [4.69, 9.17) is 5.73 Å². The number of para-hydroxylation sites is 1. The summed E-state index contributed by atoms with van der Waals surface area (Å²) in [6.07, 6.45) is 1.86. The predicted molar refractivity (Wildman–Crippen MR) is 80.7 cm³/mol. The van der Waals surface area contributed by atoms with Crippen molar-refractivity contribution in [3.8, 4) is 0 Å². The molecule has 100 valence electrons. The molecule has 0 spiro atoms. The van der Waals surface area contributed by atoms with Gasteiger partial charge in [-0.2, -0.15) is 0 Å². The molecule has 3 nitrogen and oxygen atoms in total. The van der Waals surface area contributed by atoms with Gasteiger partial charge >= 0.3 is 0 Å². The molecule has 1 aromatic heterocycles. The Morgan fingerprint density at radius 2 is 1.89 bits per heavy atom. The van der Waals surface area contributed by atoms with E-state index in [-0.39, 0.29) is 0 Å². The molecule has 0 aliphatic carbocycles. The summed E-state index contributed by atoms with van der Waals surface area (Å²) in [5.74, 6) is 1.01. The monoisotopic (exact) mass is 255 g/mol. The van der Waals surface area contributed by atoms with Gasteiger partial charge in [-0.1, -0.05) is 18.2 Å². The van der Waals surface area contributed by atoms with Gasteiger partial charge in [-0.05, 0) is 49.6 Å². The van der Waals surface area contributed by atoms with Crippen molar-refractivity contribution in [2.24, 2.45) is 5.73 Å². The van der Waals surface area contributed by atoms with Crippen LogP contribution in [0.3, 0.4) is 0 Å². The predicted octanol–water partition coefficient (Wildman–Crippen LogP) is 3.32. The Labute approximate surface area is 115 Å². The lowest BCUT2D eigenvalue weighted by Gasteiger charge is -2.25. The van der Waals surface area contributed by atoms with Gasteiger partial charge in [0.1, 0.15) is 5.82 Å². The Bertz CT molecular complexity index is 564. The first-order chi connectivity index (χ1) is 9.17. The van der Waals surface area contributed by atoms with E-state index >= 15 is 0 Å². The molecule has 0 radical (unpaired) electrons. The van der Waals surface area contributed by atoms with Crippen LogP contribution in [0.2, 0.25) is 0 Å². The largest absolute Gasteiger partial charge is 0.326 e. The van der Waals surface area contributed by atoms with Crippen molar-refractivity contribution < 1.29 is 0 Å². The molecule has 1 heterocycles. The lowest BCUT2D eigenvalue weighted by Crippen LogP contribution is -2.19. The third kappa shape index (κ3) is 2.76. The fourth-order valence-electron chi connectivity index (χ4n) is 2.32. The van der Waals surface area contributed by atoms with Crippen LogP contribution in [0.1, 0.15) is 23.6 Å². The maximum Gasteiger partial charge on any atom is 0.135 e. The lowest BCUT2D eigenvalue weighted by molar-refractivity contribution is 0.957. The van der Waals surface area contributed by atoms with Crippen LogP contribution >= 0.6 is 0 Å².